The highest BCUT2D eigenvalue weighted by molar-refractivity contribution is 6.09. The largest absolute Gasteiger partial charge is 0.471 e. The van der Waals surface area contributed by atoms with Gasteiger partial charge in [0.2, 0.25) is 0 Å². The summed E-state index contributed by atoms with van der Waals surface area (Å²) in [6, 6.07) is 4.07. The Morgan fingerprint density at radius 1 is 0.913 bits per heavy atom. The summed E-state index contributed by atoms with van der Waals surface area (Å²) in [5.74, 6) is 0.258. The van der Waals surface area contributed by atoms with Gasteiger partial charge < -0.3 is 5.11 Å². The Kier molecular flexibility index (Phi) is 4.32. The number of rotatable bonds is 1. The number of aromatic hydroxyl groups is 1. The van der Waals surface area contributed by atoms with Gasteiger partial charge in [0.1, 0.15) is 11.3 Å². The maximum Gasteiger partial charge on any atom is 0.199 e. The Bertz CT molecular complexity index is 719. The molecule has 0 atom stereocenters. The summed E-state index contributed by atoms with van der Waals surface area (Å²) >= 11 is 0. The van der Waals surface area contributed by atoms with Crippen molar-refractivity contribution in [2.75, 3.05) is 0 Å². The second kappa shape index (κ2) is 5.79. The standard InChI is InChI=1S/C21H25NO/c1-20(2,3)16-12-15(11-14-9-7-8-10-18(14)22)19(23)17(13-16)21(4,5)6/h7-10,12-13H,1-6H3,(H-,22,23)/p+1. The number of allylic oxidation sites excluding steroid dienone is 5. The lowest BCUT2D eigenvalue weighted by molar-refractivity contribution is 0.442. The van der Waals surface area contributed by atoms with E-state index in [9.17, 15) is 5.11 Å². The zero-order valence-corrected chi connectivity index (χ0v) is 14.9. The van der Waals surface area contributed by atoms with Gasteiger partial charge in [0.25, 0.3) is 0 Å². The molecule has 2 rings (SSSR count). The third-order valence-electron chi connectivity index (χ3n) is 3.98. The molecule has 0 aliphatic heterocycles. The topological polar surface area (TPSA) is 44.1 Å². The number of nitrogens with one attached hydrogen (secondary N) is 1. The minimum Gasteiger partial charge on any atom is -0.471 e. The molecular weight excluding hydrogens is 282 g/mol. The van der Waals surface area contributed by atoms with Gasteiger partial charge in [-0.1, -0.05) is 41.5 Å². The van der Waals surface area contributed by atoms with E-state index in [4.69, 9.17) is 5.41 Å². The van der Waals surface area contributed by atoms with E-state index in [1.165, 1.54) is 0 Å². The molecule has 0 fully saturated rings. The molecule has 1 aliphatic rings. The van der Waals surface area contributed by atoms with E-state index in [0.29, 0.717) is 16.8 Å². The van der Waals surface area contributed by atoms with E-state index in [1.807, 2.05) is 24.3 Å². The summed E-state index contributed by atoms with van der Waals surface area (Å²) in [4.78, 5) is 0. The van der Waals surface area contributed by atoms with Crippen molar-refractivity contribution in [1.29, 1.82) is 5.41 Å². The lowest BCUT2D eigenvalue weighted by Crippen LogP contribution is -2.17. The fourth-order valence-corrected chi connectivity index (χ4v) is 2.47. The Labute approximate surface area is 139 Å². The maximum absolute atomic E-state index is 10.7. The molecule has 1 aromatic rings. The Morgan fingerprint density at radius 2 is 1.52 bits per heavy atom. The Hall–Kier alpha value is -2.18. The van der Waals surface area contributed by atoms with E-state index < -0.39 is 0 Å². The van der Waals surface area contributed by atoms with Gasteiger partial charge in [0.15, 0.2) is 11.3 Å². The van der Waals surface area contributed by atoms with Crippen molar-refractivity contribution in [3.63, 3.8) is 0 Å². The molecule has 0 saturated heterocycles. The number of phenols is 1. The molecule has 2 nitrogen and oxygen atoms in total. The highest BCUT2D eigenvalue weighted by atomic mass is 16.3. The van der Waals surface area contributed by atoms with Gasteiger partial charge in [-0.3, -0.25) is 5.41 Å². The van der Waals surface area contributed by atoms with Crippen LogP contribution in [0.25, 0.3) is 0 Å². The molecule has 120 valence electrons. The zero-order chi connectivity index (χ0) is 17.4. The minimum atomic E-state index is -0.164. The lowest BCUT2D eigenvalue weighted by atomic mass is 9.78. The zero-order valence-electron chi connectivity index (χ0n) is 14.9. The van der Waals surface area contributed by atoms with Crippen LogP contribution in [0.15, 0.2) is 42.0 Å². The minimum absolute atomic E-state index is 0.0232. The van der Waals surface area contributed by atoms with Crippen molar-refractivity contribution in [1.82, 2.24) is 0 Å². The van der Waals surface area contributed by atoms with Crippen LogP contribution in [0.1, 0.15) is 58.2 Å². The molecule has 23 heavy (non-hydrogen) atoms. The Balaban J connectivity index is 2.68. The van der Waals surface area contributed by atoms with E-state index in [2.05, 4.69) is 53.7 Å². The van der Waals surface area contributed by atoms with Crippen LogP contribution in [-0.2, 0) is 10.8 Å². The molecule has 0 saturated carbocycles. The van der Waals surface area contributed by atoms with Gasteiger partial charge >= 0.3 is 0 Å². The monoisotopic (exact) mass is 308 g/mol. The molecule has 0 spiro atoms. The average Bonchev–Trinajstić information content (AvgIpc) is 2.40. The van der Waals surface area contributed by atoms with E-state index in [1.54, 1.807) is 6.08 Å². The van der Waals surface area contributed by atoms with Gasteiger partial charge in [-0.15, -0.1) is 0 Å². The molecule has 2 heteroatoms. The number of benzene rings is 1. The predicted molar refractivity (Wildman–Crippen MR) is 97.4 cm³/mol. The molecule has 2 N–H and O–H groups in total. The van der Waals surface area contributed by atoms with Crippen LogP contribution in [0.5, 0.6) is 5.75 Å². The van der Waals surface area contributed by atoms with Crippen LogP contribution in [-0.4, -0.2) is 10.8 Å². The fourth-order valence-electron chi connectivity index (χ4n) is 2.47. The molecule has 0 amide bonds. The molecular formula is C21H26NO+. The summed E-state index contributed by atoms with van der Waals surface area (Å²) in [5.41, 5.74) is 3.63. The molecule has 0 aromatic heterocycles. The van der Waals surface area contributed by atoms with Crippen molar-refractivity contribution < 1.29 is 5.11 Å². The summed E-state index contributed by atoms with van der Waals surface area (Å²) in [7, 11) is 0. The highest BCUT2D eigenvalue weighted by Crippen LogP contribution is 2.38. The SMILES string of the molecule is CC(C)(C)c1cc([C+]=C2C=CC=CC2=N)c(O)c(C(C)(C)C)c1. The molecule has 0 unspecified atom stereocenters. The summed E-state index contributed by atoms with van der Waals surface area (Å²) in [5, 5.41) is 18.7. The van der Waals surface area contributed by atoms with Crippen LogP contribution in [0.2, 0.25) is 0 Å². The van der Waals surface area contributed by atoms with Crippen LogP contribution < -0.4 is 0 Å². The lowest BCUT2D eigenvalue weighted by Gasteiger charge is -2.24. The van der Waals surface area contributed by atoms with E-state index in [-0.39, 0.29) is 16.6 Å². The fraction of sp³-hybridized carbons (Fsp3) is 0.381. The van der Waals surface area contributed by atoms with Crippen molar-refractivity contribution in [2.45, 2.75) is 52.4 Å². The number of hydrogen-bond acceptors (Lipinski definition) is 2. The first-order valence-electron chi connectivity index (χ1n) is 7.96. The summed E-state index contributed by atoms with van der Waals surface area (Å²) in [6.07, 6.45) is 10.5. The third kappa shape index (κ3) is 3.78. The van der Waals surface area contributed by atoms with Gasteiger partial charge in [-0.25, -0.2) is 0 Å². The highest BCUT2D eigenvalue weighted by Gasteiger charge is 2.28. The predicted octanol–water partition coefficient (Wildman–Crippen LogP) is 5.21. The first-order chi connectivity index (χ1) is 10.5. The number of hydrogen-bond donors (Lipinski definition) is 2. The average molecular weight is 308 g/mol. The van der Waals surface area contributed by atoms with Gasteiger partial charge in [-0.05, 0) is 40.7 Å². The van der Waals surface area contributed by atoms with E-state index >= 15 is 0 Å². The maximum atomic E-state index is 10.7. The van der Waals surface area contributed by atoms with Crippen molar-refractivity contribution in [2.24, 2.45) is 0 Å². The van der Waals surface area contributed by atoms with Crippen molar-refractivity contribution >= 4 is 5.71 Å². The Morgan fingerprint density at radius 3 is 2.04 bits per heavy atom. The van der Waals surface area contributed by atoms with Gasteiger partial charge in [0, 0.05) is 23.8 Å². The smallest absolute Gasteiger partial charge is 0.199 e. The molecule has 1 aromatic carbocycles. The summed E-state index contributed by atoms with van der Waals surface area (Å²) in [6.45, 7) is 12.8. The van der Waals surface area contributed by atoms with Crippen LogP contribution >= 0.6 is 0 Å². The molecule has 1 aliphatic carbocycles. The first kappa shape index (κ1) is 17.2. The number of phenolic OH excluding ortho intramolecular Hbond substituents is 1. The third-order valence-corrected chi connectivity index (χ3v) is 3.98. The molecule has 0 heterocycles. The molecule has 0 bridgehead atoms. The first-order valence-corrected chi connectivity index (χ1v) is 7.96. The van der Waals surface area contributed by atoms with Crippen LogP contribution in [0.4, 0.5) is 0 Å². The summed E-state index contributed by atoms with van der Waals surface area (Å²) < 4.78 is 0. The van der Waals surface area contributed by atoms with Crippen molar-refractivity contribution in [3.05, 3.63) is 64.8 Å². The van der Waals surface area contributed by atoms with Gasteiger partial charge in [-0.2, -0.15) is 0 Å². The second-order valence-corrected chi connectivity index (χ2v) is 8.09. The van der Waals surface area contributed by atoms with E-state index in [0.717, 1.165) is 11.1 Å². The quantitative estimate of drug-likeness (QED) is 0.687. The van der Waals surface area contributed by atoms with Crippen molar-refractivity contribution in [3.8, 4) is 5.75 Å². The van der Waals surface area contributed by atoms with Crippen LogP contribution in [0.3, 0.4) is 0 Å². The second-order valence-electron chi connectivity index (χ2n) is 8.09. The van der Waals surface area contributed by atoms with Crippen LogP contribution in [0, 0.1) is 11.5 Å². The normalized spacial score (nSPS) is 16.8. The molecule has 0 radical (unpaired) electrons. The van der Waals surface area contributed by atoms with Gasteiger partial charge in [0.05, 0.1) is 0 Å².